The van der Waals surface area contributed by atoms with Crippen LogP contribution in [0.15, 0.2) is 33.5 Å². The maximum Gasteiger partial charge on any atom is 0.254 e. The van der Waals surface area contributed by atoms with Crippen LogP contribution in [0.1, 0.15) is 27.2 Å². The minimum absolute atomic E-state index is 0.0479. The molecule has 110 valence electrons. The number of aryl methyl sites for hydroxylation is 2. The van der Waals surface area contributed by atoms with Gasteiger partial charge in [0.15, 0.2) is 0 Å². The molecule has 0 fully saturated rings. The molecule has 0 aliphatic heterocycles. The van der Waals surface area contributed by atoms with Crippen LogP contribution in [-0.2, 0) is 6.54 Å². The molecule has 2 N–H and O–H groups in total. The van der Waals surface area contributed by atoms with Crippen molar-refractivity contribution in [3.8, 4) is 0 Å². The van der Waals surface area contributed by atoms with Gasteiger partial charge in [-0.15, -0.1) is 0 Å². The Morgan fingerprint density at radius 1 is 1.33 bits per heavy atom. The van der Waals surface area contributed by atoms with E-state index in [2.05, 4.69) is 26.2 Å². The lowest BCUT2D eigenvalue weighted by atomic mass is 10.1. The van der Waals surface area contributed by atoms with Gasteiger partial charge in [0.1, 0.15) is 5.82 Å². The molecule has 0 saturated carbocycles. The summed E-state index contributed by atoms with van der Waals surface area (Å²) in [5.41, 5.74) is 1.69. The second kappa shape index (κ2) is 6.22. The quantitative estimate of drug-likeness (QED) is 0.892. The number of rotatable bonds is 3. The average molecular weight is 353 g/mol. The maximum atomic E-state index is 13.6. The zero-order chi connectivity index (χ0) is 15.6. The number of halogens is 2. The second-order valence-electron chi connectivity index (χ2n) is 4.75. The molecule has 0 bridgehead atoms. The van der Waals surface area contributed by atoms with Crippen molar-refractivity contribution in [2.45, 2.75) is 20.4 Å². The Bertz CT molecular complexity index is 756. The molecule has 0 spiro atoms. The minimum Gasteiger partial charge on any atom is -0.348 e. The van der Waals surface area contributed by atoms with E-state index in [4.69, 9.17) is 0 Å². The Balaban J connectivity index is 2.19. The fourth-order valence-electron chi connectivity index (χ4n) is 2.04. The molecule has 2 aromatic rings. The summed E-state index contributed by atoms with van der Waals surface area (Å²) in [7, 11) is 0. The predicted molar refractivity (Wildman–Crippen MR) is 81.8 cm³/mol. The molecule has 0 radical (unpaired) electrons. The topological polar surface area (TPSA) is 62.0 Å². The summed E-state index contributed by atoms with van der Waals surface area (Å²) < 4.78 is 14.2. The van der Waals surface area contributed by atoms with Crippen molar-refractivity contribution in [3.05, 3.63) is 67.3 Å². The number of hydrogen-bond acceptors (Lipinski definition) is 2. The third-order valence-corrected chi connectivity index (χ3v) is 3.59. The highest BCUT2D eigenvalue weighted by atomic mass is 79.9. The summed E-state index contributed by atoms with van der Waals surface area (Å²) in [6.45, 7) is 3.63. The first-order valence-electron chi connectivity index (χ1n) is 6.31. The van der Waals surface area contributed by atoms with E-state index in [-0.39, 0.29) is 17.7 Å². The number of benzene rings is 1. The van der Waals surface area contributed by atoms with E-state index in [0.717, 1.165) is 11.3 Å². The van der Waals surface area contributed by atoms with Crippen molar-refractivity contribution < 1.29 is 9.18 Å². The Hall–Kier alpha value is -1.95. The van der Waals surface area contributed by atoms with Crippen LogP contribution in [0.5, 0.6) is 0 Å². The number of carbonyl (C=O) groups excluding carboxylic acids is 1. The van der Waals surface area contributed by atoms with Gasteiger partial charge in [-0.25, -0.2) is 4.39 Å². The average Bonchev–Trinajstić information content (AvgIpc) is 2.40. The highest BCUT2D eigenvalue weighted by molar-refractivity contribution is 9.10. The van der Waals surface area contributed by atoms with Gasteiger partial charge in [0.05, 0.1) is 5.56 Å². The molecule has 2 rings (SSSR count). The van der Waals surface area contributed by atoms with Crippen LogP contribution in [0.3, 0.4) is 0 Å². The van der Waals surface area contributed by atoms with Crippen LogP contribution in [0.25, 0.3) is 0 Å². The lowest BCUT2D eigenvalue weighted by molar-refractivity contribution is 0.0946. The van der Waals surface area contributed by atoms with Gasteiger partial charge < -0.3 is 10.3 Å². The molecule has 0 atom stereocenters. The number of amides is 1. The number of pyridine rings is 1. The van der Waals surface area contributed by atoms with E-state index in [1.807, 2.05) is 6.07 Å². The van der Waals surface area contributed by atoms with Gasteiger partial charge >= 0.3 is 0 Å². The molecule has 4 nitrogen and oxygen atoms in total. The van der Waals surface area contributed by atoms with Crippen LogP contribution in [0, 0.1) is 19.7 Å². The summed E-state index contributed by atoms with van der Waals surface area (Å²) in [5, 5.41) is 2.56. The maximum absolute atomic E-state index is 13.6. The summed E-state index contributed by atoms with van der Waals surface area (Å²) in [5.74, 6) is -1.17. The number of aromatic nitrogens is 1. The number of hydrogen-bond donors (Lipinski definition) is 2. The van der Waals surface area contributed by atoms with E-state index in [9.17, 15) is 14.0 Å². The van der Waals surface area contributed by atoms with E-state index in [0.29, 0.717) is 10.0 Å². The Morgan fingerprint density at radius 3 is 2.71 bits per heavy atom. The molecular weight excluding hydrogens is 339 g/mol. The van der Waals surface area contributed by atoms with Gasteiger partial charge in [-0.3, -0.25) is 9.59 Å². The Kier molecular flexibility index (Phi) is 4.57. The van der Waals surface area contributed by atoms with Crippen molar-refractivity contribution in [1.82, 2.24) is 10.3 Å². The van der Waals surface area contributed by atoms with Gasteiger partial charge in [-0.05, 0) is 43.7 Å². The molecule has 1 amide bonds. The first kappa shape index (κ1) is 15.4. The number of nitrogens with one attached hydrogen (secondary N) is 2. The summed E-state index contributed by atoms with van der Waals surface area (Å²) in [4.78, 5) is 26.5. The minimum atomic E-state index is -0.606. The zero-order valence-corrected chi connectivity index (χ0v) is 13.2. The molecule has 0 aliphatic rings. The van der Waals surface area contributed by atoms with E-state index in [1.54, 1.807) is 13.8 Å². The van der Waals surface area contributed by atoms with Crippen LogP contribution in [-0.4, -0.2) is 10.9 Å². The molecular formula is C15H14BrFN2O2. The van der Waals surface area contributed by atoms with Crippen LogP contribution < -0.4 is 10.9 Å². The molecule has 1 heterocycles. The van der Waals surface area contributed by atoms with E-state index < -0.39 is 11.7 Å². The Morgan fingerprint density at radius 2 is 2.05 bits per heavy atom. The normalized spacial score (nSPS) is 10.5. The smallest absolute Gasteiger partial charge is 0.254 e. The standard InChI is InChI=1S/C15H14BrFN2O2/c1-8-5-9(2)19-15(21)12(8)7-18-14(20)11-6-10(16)3-4-13(11)17/h3-6H,7H2,1-2H3,(H,18,20)(H,19,21). The fraction of sp³-hybridized carbons (Fsp3) is 0.200. The molecule has 0 saturated heterocycles. The van der Waals surface area contributed by atoms with E-state index >= 15 is 0 Å². The SMILES string of the molecule is Cc1cc(C)c(CNC(=O)c2cc(Br)ccc2F)c(=O)[nH]1. The molecule has 1 aromatic carbocycles. The van der Waals surface area contributed by atoms with Gasteiger partial charge in [-0.1, -0.05) is 15.9 Å². The van der Waals surface area contributed by atoms with Gasteiger partial charge in [0.25, 0.3) is 11.5 Å². The summed E-state index contributed by atoms with van der Waals surface area (Å²) in [6, 6.07) is 5.95. The molecule has 1 aromatic heterocycles. The van der Waals surface area contributed by atoms with Crippen LogP contribution >= 0.6 is 15.9 Å². The number of carbonyl (C=O) groups is 1. The Labute approximate surface area is 129 Å². The van der Waals surface area contributed by atoms with Crippen LogP contribution in [0.4, 0.5) is 4.39 Å². The lowest BCUT2D eigenvalue weighted by Crippen LogP contribution is -2.28. The van der Waals surface area contributed by atoms with Crippen molar-refractivity contribution in [2.24, 2.45) is 0 Å². The van der Waals surface area contributed by atoms with E-state index in [1.165, 1.54) is 18.2 Å². The van der Waals surface area contributed by atoms with Gasteiger partial charge in [0.2, 0.25) is 0 Å². The van der Waals surface area contributed by atoms with Crippen molar-refractivity contribution >= 4 is 21.8 Å². The summed E-state index contributed by atoms with van der Waals surface area (Å²) in [6.07, 6.45) is 0. The summed E-state index contributed by atoms with van der Waals surface area (Å²) >= 11 is 3.19. The molecule has 6 heteroatoms. The van der Waals surface area contributed by atoms with Gasteiger partial charge in [-0.2, -0.15) is 0 Å². The molecule has 0 unspecified atom stereocenters. The van der Waals surface area contributed by atoms with Gasteiger partial charge in [0, 0.05) is 22.3 Å². The third-order valence-electron chi connectivity index (χ3n) is 3.09. The monoisotopic (exact) mass is 352 g/mol. The highest BCUT2D eigenvalue weighted by Crippen LogP contribution is 2.15. The second-order valence-corrected chi connectivity index (χ2v) is 5.67. The lowest BCUT2D eigenvalue weighted by Gasteiger charge is -2.09. The van der Waals surface area contributed by atoms with Crippen molar-refractivity contribution in [1.29, 1.82) is 0 Å². The van der Waals surface area contributed by atoms with Crippen molar-refractivity contribution in [3.63, 3.8) is 0 Å². The number of aromatic amines is 1. The zero-order valence-electron chi connectivity index (χ0n) is 11.6. The van der Waals surface area contributed by atoms with Crippen molar-refractivity contribution in [2.75, 3.05) is 0 Å². The molecule has 0 aliphatic carbocycles. The molecule has 21 heavy (non-hydrogen) atoms. The first-order valence-corrected chi connectivity index (χ1v) is 7.10. The highest BCUT2D eigenvalue weighted by Gasteiger charge is 2.13. The largest absolute Gasteiger partial charge is 0.348 e. The predicted octanol–water partition coefficient (Wildman–Crippen LogP) is 2.82. The first-order chi connectivity index (χ1) is 9.88. The third kappa shape index (κ3) is 3.58. The number of H-pyrrole nitrogens is 1. The van der Waals surface area contributed by atoms with Crippen LogP contribution in [0.2, 0.25) is 0 Å². The fourth-order valence-corrected chi connectivity index (χ4v) is 2.40.